The zero-order chi connectivity index (χ0) is 21.1. The summed E-state index contributed by atoms with van der Waals surface area (Å²) >= 11 is 0. The van der Waals surface area contributed by atoms with Gasteiger partial charge in [0.25, 0.3) is 0 Å². The molecule has 0 aliphatic heterocycles. The molecule has 1 aromatic heterocycles. The fourth-order valence-corrected chi connectivity index (χ4v) is 4.03. The molecule has 0 bridgehead atoms. The SMILES string of the molecule is CC(C)OCc1c(O[C@@](C)(c2ccccc2)c2ncc[nH]2)ccc2c1CCCC2=O. The molecule has 0 saturated carbocycles. The lowest BCUT2D eigenvalue weighted by atomic mass is 9.86. The van der Waals surface area contributed by atoms with Crippen LogP contribution in [0.4, 0.5) is 0 Å². The van der Waals surface area contributed by atoms with E-state index in [9.17, 15) is 4.79 Å². The Morgan fingerprint density at radius 3 is 2.63 bits per heavy atom. The number of nitrogens with zero attached hydrogens (tertiary/aromatic N) is 1. The lowest BCUT2D eigenvalue weighted by molar-refractivity contribution is 0.0590. The quantitative estimate of drug-likeness (QED) is 0.588. The number of rotatable bonds is 7. The maximum Gasteiger partial charge on any atom is 0.188 e. The van der Waals surface area contributed by atoms with Crippen molar-refractivity contribution in [2.45, 2.75) is 58.3 Å². The number of H-pyrrole nitrogens is 1. The molecule has 1 heterocycles. The number of hydrogen-bond acceptors (Lipinski definition) is 4. The highest BCUT2D eigenvalue weighted by atomic mass is 16.5. The summed E-state index contributed by atoms with van der Waals surface area (Å²) in [6.45, 7) is 6.45. The molecule has 0 fully saturated rings. The Hall–Kier alpha value is -2.92. The highest BCUT2D eigenvalue weighted by molar-refractivity contribution is 5.99. The number of ether oxygens (including phenoxy) is 2. The molecule has 0 amide bonds. The molecule has 1 aliphatic carbocycles. The van der Waals surface area contributed by atoms with E-state index in [1.54, 1.807) is 12.4 Å². The van der Waals surface area contributed by atoms with Crippen LogP contribution >= 0.6 is 0 Å². The van der Waals surface area contributed by atoms with Crippen molar-refractivity contribution in [2.75, 3.05) is 0 Å². The van der Waals surface area contributed by atoms with Crippen LogP contribution in [0.1, 0.15) is 66.5 Å². The second-order valence-corrected chi connectivity index (χ2v) is 8.14. The van der Waals surface area contributed by atoms with Gasteiger partial charge >= 0.3 is 0 Å². The molecule has 0 radical (unpaired) electrons. The van der Waals surface area contributed by atoms with Crippen molar-refractivity contribution in [3.8, 4) is 5.75 Å². The van der Waals surface area contributed by atoms with Crippen molar-refractivity contribution in [3.63, 3.8) is 0 Å². The predicted molar refractivity (Wildman–Crippen MR) is 116 cm³/mol. The number of aromatic amines is 1. The van der Waals surface area contributed by atoms with Gasteiger partial charge < -0.3 is 14.5 Å². The molecular formula is C25H28N2O3. The smallest absolute Gasteiger partial charge is 0.188 e. The van der Waals surface area contributed by atoms with Crippen LogP contribution in [-0.4, -0.2) is 21.9 Å². The molecule has 0 spiro atoms. The van der Waals surface area contributed by atoms with Gasteiger partial charge in [-0.2, -0.15) is 0 Å². The van der Waals surface area contributed by atoms with Gasteiger partial charge in [0.15, 0.2) is 17.2 Å². The van der Waals surface area contributed by atoms with E-state index in [2.05, 4.69) is 9.97 Å². The zero-order valence-electron chi connectivity index (χ0n) is 17.8. The fourth-order valence-electron chi connectivity index (χ4n) is 4.03. The summed E-state index contributed by atoms with van der Waals surface area (Å²) in [4.78, 5) is 20.2. The topological polar surface area (TPSA) is 64.2 Å². The van der Waals surface area contributed by atoms with Crippen LogP contribution in [0.15, 0.2) is 54.9 Å². The number of benzene rings is 2. The summed E-state index contributed by atoms with van der Waals surface area (Å²) in [6, 6.07) is 13.9. The number of ketones is 1. The summed E-state index contributed by atoms with van der Waals surface area (Å²) in [5.74, 6) is 1.65. The number of imidazole rings is 1. The summed E-state index contributed by atoms with van der Waals surface area (Å²) in [6.07, 6.45) is 5.93. The van der Waals surface area contributed by atoms with E-state index in [4.69, 9.17) is 9.47 Å². The van der Waals surface area contributed by atoms with Crippen molar-refractivity contribution in [1.82, 2.24) is 9.97 Å². The van der Waals surface area contributed by atoms with Gasteiger partial charge in [-0.1, -0.05) is 30.3 Å². The van der Waals surface area contributed by atoms with Gasteiger partial charge in [-0.05, 0) is 51.3 Å². The van der Waals surface area contributed by atoms with Crippen molar-refractivity contribution < 1.29 is 14.3 Å². The van der Waals surface area contributed by atoms with Gasteiger partial charge in [0.05, 0.1) is 12.7 Å². The Labute approximate surface area is 177 Å². The normalized spacial score (nSPS) is 15.7. The van der Waals surface area contributed by atoms with E-state index < -0.39 is 5.60 Å². The maximum atomic E-state index is 12.5. The number of aromatic nitrogens is 2. The van der Waals surface area contributed by atoms with Crippen molar-refractivity contribution in [1.29, 1.82) is 0 Å². The Morgan fingerprint density at radius 1 is 1.13 bits per heavy atom. The van der Waals surface area contributed by atoms with Crippen LogP contribution in [0.5, 0.6) is 5.75 Å². The molecule has 5 nitrogen and oxygen atoms in total. The molecule has 1 N–H and O–H groups in total. The van der Waals surface area contributed by atoms with Gasteiger partial charge in [-0.25, -0.2) is 4.98 Å². The first kappa shape index (κ1) is 20.4. The van der Waals surface area contributed by atoms with Crippen molar-refractivity contribution >= 4 is 5.78 Å². The highest BCUT2D eigenvalue weighted by Gasteiger charge is 2.35. The standard InChI is InChI=1S/C25H28N2O3/c1-17(2)29-16-21-19-10-7-11-22(28)20(19)12-13-23(21)30-25(3,24-26-14-15-27-24)18-8-5-4-6-9-18/h4-6,8-9,12-15,17H,7,10-11,16H2,1-3H3,(H,26,27)/t25-/m0/s1. The molecule has 1 atom stereocenters. The highest BCUT2D eigenvalue weighted by Crippen LogP contribution is 2.38. The molecule has 3 aromatic rings. The van der Waals surface area contributed by atoms with Crippen LogP contribution in [0.3, 0.4) is 0 Å². The molecular weight excluding hydrogens is 376 g/mol. The lowest BCUT2D eigenvalue weighted by Crippen LogP contribution is -2.33. The molecule has 156 valence electrons. The van der Waals surface area contributed by atoms with Gasteiger partial charge in [-0.15, -0.1) is 0 Å². The monoisotopic (exact) mass is 404 g/mol. The first-order valence-corrected chi connectivity index (χ1v) is 10.5. The average molecular weight is 405 g/mol. The van der Waals surface area contributed by atoms with E-state index in [0.29, 0.717) is 13.0 Å². The third kappa shape index (κ3) is 3.90. The van der Waals surface area contributed by atoms with Crippen molar-refractivity contribution in [2.24, 2.45) is 0 Å². The number of nitrogens with one attached hydrogen (secondary N) is 1. The first-order chi connectivity index (χ1) is 14.5. The van der Waals surface area contributed by atoms with Gasteiger partial charge in [0.2, 0.25) is 0 Å². The Kier molecular flexibility index (Phi) is 5.73. The van der Waals surface area contributed by atoms with Crippen LogP contribution in [0, 0.1) is 0 Å². The number of carbonyl (C=O) groups excluding carboxylic acids is 1. The predicted octanol–water partition coefficient (Wildman–Crippen LogP) is 5.20. The minimum Gasteiger partial charge on any atom is -0.474 e. The van der Waals surface area contributed by atoms with E-state index >= 15 is 0 Å². The summed E-state index contributed by atoms with van der Waals surface area (Å²) < 4.78 is 12.7. The Bertz CT molecular complexity index is 1010. The maximum absolute atomic E-state index is 12.5. The number of Topliss-reactive ketones (excluding diaryl/α,β-unsaturated/α-hetero) is 1. The molecule has 4 rings (SSSR count). The average Bonchev–Trinajstić information content (AvgIpc) is 3.29. The number of carbonyl (C=O) groups is 1. The van der Waals surface area contributed by atoms with E-state index in [1.807, 2.05) is 63.2 Å². The van der Waals surface area contributed by atoms with E-state index in [1.165, 1.54) is 0 Å². The molecule has 5 heteroatoms. The molecule has 2 aromatic carbocycles. The third-order valence-electron chi connectivity index (χ3n) is 5.67. The fraction of sp³-hybridized carbons (Fsp3) is 0.360. The molecule has 30 heavy (non-hydrogen) atoms. The summed E-state index contributed by atoms with van der Waals surface area (Å²) in [5, 5.41) is 0. The van der Waals surface area contributed by atoms with Crippen LogP contribution in [0.25, 0.3) is 0 Å². The van der Waals surface area contributed by atoms with Gasteiger partial charge in [-0.3, -0.25) is 4.79 Å². The number of hydrogen-bond donors (Lipinski definition) is 1. The third-order valence-corrected chi connectivity index (χ3v) is 5.67. The Balaban J connectivity index is 1.81. The minimum absolute atomic E-state index is 0.0820. The largest absolute Gasteiger partial charge is 0.474 e. The lowest BCUT2D eigenvalue weighted by Gasteiger charge is -2.32. The van der Waals surface area contributed by atoms with Crippen LogP contribution in [0.2, 0.25) is 0 Å². The first-order valence-electron chi connectivity index (χ1n) is 10.5. The summed E-state index contributed by atoms with van der Waals surface area (Å²) in [5.41, 5.74) is 2.99. The molecule has 0 unspecified atom stereocenters. The minimum atomic E-state index is -0.815. The molecule has 1 aliphatic rings. The van der Waals surface area contributed by atoms with Crippen LogP contribution < -0.4 is 4.74 Å². The van der Waals surface area contributed by atoms with E-state index in [0.717, 1.165) is 46.7 Å². The summed E-state index contributed by atoms with van der Waals surface area (Å²) in [7, 11) is 0. The second kappa shape index (κ2) is 8.44. The van der Waals surface area contributed by atoms with Crippen molar-refractivity contribution in [3.05, 3.63) is 82.9 Å². The van der Waals surface area contributed by atoms with Gasteiger partial charge in [0.1, 0.15) is 5.75 Å². The Morgan fingerprint density at radius 2 is 1.93 bits per heavy atom. The van der Waals surface area contributed by atoms with E-state index in [-0.39, 0.29) is 11.9 Å². The zero-order valence-corrected chi connectivity index (χ0v) is 17.8. The second-order valence-electron chi connectivity index (χ2n) is 8.14. The number of fused-ring (bicyclic) bond motifs is 1. The van der Waals surface area contributed by atoms with Crippen LogP contribution in [-0.2, 0) is 23.4 Å². The molecule has 0 saturated heterocycles. The van der Waals surface area contributed by atoms with Gasteiger partial charge in [0, 0.05) is 35.5 Å².